The van der Waals surface area contributed by atoms with Crippen LogP contribution in [0.2, 0.25) is 0 Å². The first kappa shape index (κ1) is 16.3. The predicted molar refractivity (Wildman–Crippen MR) is 90.0 cm³/mol. The number of anilines is 1. The van der Waals surface area contributed by atoms with Gasteiger partial charge in [-0.25, -0.2) is 0 Å². The van der Waals surface area contributed by atoms with Crippen molar-refractivity contribution in [2.75, 3.05) is 24.6 Å². The van der Waals surface area contributed by atoms with Crippen molar-refractivity contribution in [1.29, 1.82) is 0 Å². The SMILES string of the molecule is CCOC1CCCN(c2ccc(CC(N)CC)cc2C)C1. The van der Waals surface area contributed by atoms with Crippen LogP contribution in [-0.2, 0) is 11.2 Å². The zero-order valence-corrected chi connectivity index (χ0v) is 13.8. The maximum atomic E-state index is 6.06. The fourth-order valence-electron chi connectivity index (χ4n) is 3.18. The van der Waals surface area contributed by atoms with E-state index >= 15 is 0 Å². The lowest BCUT2D eigenvalue weighted by Gasteiger charge is -2.35. The van der Waals surface area contributed by atoms with Crippen LogP contribution in [0.4, 0.5) is 5.69 Å². The molecule has 1 saturated heterocycles. The minimum Gasteiger partial charge on any atom is -0.377 e. The van der Waals surface area contributed by atoms with Gasteiger partial charge in [-0.05, 0) is 56.7 Å². The van der Waals surface area contributed by atoms with Crippen molar-refractivity contribution >= 4 is 5.69 Å². The molecule has 0 spiro atoms. The van der Waals surface area contributed by atoms with Crippen molar-refractivity contribution in [2.45, 2.75) is 58.6 Å². The van der Waals surface area contributed by atoms with Crippen LogP contribution >= 0.6 is 0 Å². The van der Waals surface area contributed by atoms with Gasteiger partial charge in [-0.1, -0.05) is 19.1 Å². The number of hydrogen-bond acceptors (Lipinski definition) is 3. The summed E-state index contributed by atoms with van der Waals surface area (Å²) < 4.78 is 5.81. The first-order chi connectivity index (χ1) is 10.1. The third-order valence-electron chi connectivity index (χ3n) is 4.40. The van der Waals surface area contributed by atoms with E-state index in [2.05, 4.69) is 43.9 Å². The summed E-state index contributed by atoms with van der Waals surface area (Å²) in [4.78, 5) is 2.47. The molecule has 3 heteroatoms. The van der Waals surface area contributed by atoms with Crippen molar-refractivity contribution in [3.63, 3.8) is 0 Å². The first-order valence-corrected chi connectivity index (χ1v) is 8.35. The topological polar surface area (TPSA) is 38.5 Å². The highest BCUT2D eigenvalue weighted by molar-refractivity contribution is 5.55. The van der Waals surface area contributed by atoms with Crippen LogP contribution in [0.15, 0.2) is 18.2 Å². The van der Waals surface area contributed by atoms with Crippen LogP contribution < -0.4 is 10.6 Å². The number of piperidine rings is 1. The van der Waals surface area contributed by atoms with Gasteiger partial charge < -0.3 is 15.4 Å². The van der Waals surface area contributed by atoms with E-state index in [4.69, 9.17) is 10.5 Å². The summed E-state index contributed by atoms with van der Waals surface area (Å²) in [6.45, 7) is 9.40. The van der Waals surface area contributed by atoms with E-state index in [-0.39, 0.29) is 6.04 Å². The molecule has 21 heavy (non-hydrogen) atoms. The molecule has 0 saturated carbocycles. The molecular formula is C18H30N2O. The fraction of sp³-hybridized carbons (Fsp3) is 0.667. The number of rotatable bonds is 6. The van der Waals surface area contributed by atoms with E-state index in [0.29, 0.717) is 6.10 Å². The van der Waals surface area contributed by atoms with Gasteiger partial charge in [0.1, 0.15) is 0 Å². The molecule has 1 aromatic rings. The number of nitrogens with two attached hydrogens (primary N) is 1. The molecule has 1 fully saturated rings. The summed E-state index contributed by atoms with van der Waals surface area (Å²) >= 11 is 0. The molecule has 1 aliphatic rings. The van der Waals surface area contributed by atoms with Crippen LogP contribution in [0.5, 0.6) is 0 Å². The van der Waals surface area contributed by atoms with E-state index in [1.54, 1.807) is 0 Å². The maximum absolute atomic E-state index is 6.06. The smallest absolute Gasteiger partial charge is 0.0750 e. The molecule has 0 amide bonds. The van der Waals surface area contributed by atoms with Crippen LogP contribution in [0.3, 0.4) is 0 Å². The molecule has 2 rings (SSSR count). The van der Waals surface area contributed by atoms with E-state index in [0.717, 1.165) is 32.5 Å². The van der Waals surface area contributed by atoms with E-state index in [9.17, 15) is 0 Å². The lowest BCUT2D eigenvalue weighted by molar-refractivity contribution is 0.0526. The molecule has 1 aromatic carbocycles. The average Bonchev–Trinajstić information content (AvgIpc) is 2.48. The second-order valence-corrected chi connectivity index (χ2v) is 6.16. The zero-order valence-electron chi connectivity index (χ0n) is 13.8. The fourth-order valence-corrected chi connectivity index (χ4v) is 3.18. The third kappa shape index (κ3) is 4.45. The standard InChI is InChI=1S/C18H30N2O/c1-4-16(19)12-15-8-9-18(14(3)11-15)20-10-6-7-17(13-20)21-5-2/h8-9,11,16-17H,4-7,10,12-13,19H2,1-3H3. The highest BCUT2D eigenvalue weighted by Crippen LogP contribution is 2.26. The zero-order chi connectivity index (χ0) is 15.2. The predicted octanol–water partition coefficient (Wildman–Crippen LogP) is 3.28. The van der Waals surface area contributed by atoms with Gasteiger partial charge in [0, 0.05) is 31.4 Å². The largest absolute Gasteiger partial charge is 0.377 e. The lowest BCUT2D eigenvalue weighted by Crippen LogP contribution is -2.40. The molecule has 2 unspecified atom stereocenters. The van der Waals surface area contributed by atoms with Crippen molar-refractivity contribution in [2.24, 2.45) is 5.73 Å². The first-order valence-electron chi connectivity index (χ1n) is 8.35. The van der Waals surface area contributed by atoms with Gasteiger partial charge in [-0.2, -0.15) is 0 Å². The van der Waals surface area contributed by atoms with Gasteiger partial charge >= 0.3 is 0 Å². The third-order valence-corrected chi connectivity index (χ3v) is 4.40. The van der Waals surface area contributed by atoms with Gasteiger partial charge in [-0.3, -0.25) is 0 Å². The molecule has 118 valence electrons. The molecule has 0 bridgehead atoms. The quantitative estimate of drug-likeness (QED) is 0.874. The second kappa shape index (κ2) is 7.81. The van der Waals surface area contributed by atoms with Crippen LogP contribution in [0.25, 0.3) is 0 Å². The summed E-state index contributed by atoms with van der Waals surface area (Å²) in [7, 11) is 0. The Kier molecular flexibility index (Phi) is 6.07. The van der Waals surface area contributed by atoms with Gasteiger partial charge in [0.05, 0.1) is 6.10 Å². The Hall–Kier alpha value is -1.06. The Morgan fingerprint density at radius 1 is 1.38 bits per heavy atom. The van der Waals surface area contributed by atoms with Crippen molar-refractivity contribution in [3.8, 4) is 0 Å². The minimum atomic E-state index is 0.271. The summed E-state index contributed by atoms with van der Waals surface area (Å²) in [5.41, 5.74) is 10.1. The molecule has 2 N–H and O–H groups in total. The Balaban J connectivity index is 2.06. The van der Waals surface area contributed by atoms with Crippen LogP contribution in [-0.4, -0.2) is 31.8 Å². The highest BCUT2D eigenvalue weighted by atomic mass is 16.5. The van der Waals surface area contributed by atoms with E-state index < -0.39 is 0 Å². The molecule has 0 radical (unpaired) electrons. The Bertz CT molecular complexity index is 445. The summed E-state index contributed by atoms with van der Waals surface area (Å²) in [5, 5.41) is 0. The van der Waals surface area contributed by atoms with E-state index in [1.807, 2.05) is 0 Å². The summed E-state index contributed by atoms with van der Waals surface area (Å²) in [5.74, 6) is 0. The van der Waals surface area contributed by atoms with Crippen LogP contribution in [0.1, 0.15) is 44.2 Å². The molecule has 2 atom stereocenters. The Morgan fingerprint density at radius 3 is 2.86 bits per heavy atom. The molecule has 3 nitrogen and oxygen atoms in total. The number of aryl methyl sites for hydroxylation is 1. The highest BCUT2D eigenvalue weighted by Gasteiger charge is 2.21. The minimum absolute atomic E-state index is 0.271. The number of hydrogen-bond donors (Lipinski definition) is 1. The van der Waals surface area contributed by atoms with Crippen molar-refractivity contribution in [3.05, 3.63) is 29.3 Å². The van der Waals surface area contributed by atoms with Gasteiger partial charge in [-0.15, -0.1) is 0 Å². The number of ether oxygens (including phenoxy) is 1. The molecule has 0 aromatic heterocycles. The normalized spacial score (nSPS) is 20.6. The Labute approximate surface area is 129 Å². The summed E-state index contributed by atoms with van der Waals surface area (Å²) in [6, 6.07) is 7.08. The molecule has 0 aliphatic carbocycles. The maximum Gasteiger partial charge on any atom is 0.0750 e. The lowest BCUT2D eigenvalue weighted by atomic mass is 10.00. The van der Waals surface area contributed by atoms with Crippen LogP contribution in [0, 0.1) is 6.92 Å². The van der Waals surface area contributed by atoms with E-state index in [1.165, 1.54) is 29.7 Å². The summed E-state index contributed by atoms with van der Waals surface area (Å²) in [6.07, 6.45) is 4.79. The van der Waals surface area contributed by atoms with Gasteiger partial charge in [0.25, 0.3) is 0 Å². The average molecular weight is 290 g/mol. The molecular weight excluding hydrogens is 260 g/mol. The van der Waals surface area contributed by atoms with Crippen molar-refractivity contribution < 1.29 is 4.74 Å². The monoisotopic (exact) mass is 290 g/mol. The molecule has 1 heterocycles. The Morgan fingerprint density at radius 2 is 2.19 bits per heavy atom. The van der Waals surface area contributed by atoms with Gasteiger partial charge in [0.15, 0.2) is 0 Å². The number of nitrogens with zero attached hydrogens (tertiary/aromatic N) is 1. The van der Waals surface area contributed by atoms with Crippen molar-refractivity contribution in [1.82, 2.24) is 0 Å². The van der Waals surface area contributed by atoms with Gasteiger partial charge in [0.2, 0.25) is 0 Å². The second-order valence-electron chi connectivity index (χ2n) is 6.16. The number of benzene rings is 1. The molecule has 1 aliphatic heterocycles.